The maximum atomic E-state index is 6.37. The van der Waals surface area contributed by atoms with Gasteiger partial charge in [-0.05, 0) is 19.3 Å². The van der Waals surface area contributed by atoms with E-state index in [9.17, 15) is 0 Å². The zero-order chi connectivity index (χ0) is 13.2. The van der Waals surface area contributed by atoms with E-state index in [2.05, 4.69) is 5.10 Å². The minimum absolute atomic E-state index is 0.000930. The van der Waals surface area contributed by atoms with Crippen molar-refractivity contribution in [3.05, 3.63) is 23.4 Å². The second-order valence-electron chi connectivity index (χ2n) is 4.70. The molecule has 6 heteroatoms. The van der Waals surface area contributed by atoms with Crippen molar-refractivity contribution in [2.75, 3.05) is 13.7 Å². The van der Waals surface area contributed by atoms with Crippen LogP contribution in [0.15, 0.2) is 18.3 Å². The van der Waals surface area contributed by atoms with E-state index in [0.29, 0.717) is 5.02 Å². The first-order valence-corrected chi connectivity index (χ1v) is 6.82. The standard InChI is InChI=1S/C13H16ClN3O2/c1-18-16-10-6-9-8-15-17(13(9)11(14)7-10)12-4-2-3-5-19-12/h6-8,12,16H,2-5H2,1H3/p+1. The fourth-order valence-electron chi connectivity index (χ4n) is 2.50. The van der Waals surface area contributed by atoms with Crippen LogP contribution in [0, 0.1) is 0 Å². The third kappa shape index (κ3) is 2.47. The number of nitrogens with zero attached hydrogens (tertiary/aromatic N) is 2. The number of ether oxygens (including phenoxy) is 1. The van der Waals surface area contributed by atoms with E-state index in [1.165, 1.54) is 6.42 Å². The van der Waals surface area contributed by atoms with E-state index in [0.717, 1.165) is 36.0 Å². The van der Waals surface area contributed by atoms with E-state index in [-0.39, 0.29) is 6.23 Å². The highest BCUT2D eigenvalue weighted by molar-refractivity contribution is 6.35. The molecule has 2 N–H and O–H groups in total. The van der Waals surface area contributed by atoms with Crippen molar-refractivity contribution in [3.63, 3.8) is 0 Å². The number of halogens is 1. The minimum atomic E-state index is 0.000930. The Kier molecular flexibility index (Phi) is 3.70. The van der Waals surface area contributed by atoms with Gasteiger partial charge in [0.25, 0.3) is 0 Å². The molecule has 1 saturated heterocycles. The maximum Gasteiger partial charge on any atom is 0.164 e. The Bertz CT molecular complexity index is 579. The average Bonchev–Trinajstić information content (AvgIpc) is 2.84. The van der Waals surface area contributed by atoms with Gasteiger partial charge in [-0.2, -0.15) is 10.6 Å². The summed E-state index contributed by atoms with van der Waals surface area (Å²) in [6.07, 6.45) is 5.10. The van der Waals surface area contributed by atoms with Crippen molar-refractivity contribution in [1.82, 2.24) is 9.78 Å². The SMILES string of the molecule is CO[NH2+]c1cc(Cl)c2c(cnn2C2CCCCO2)c1. The van der Waals surface area contributed by atoms with Gasteiger partial charge in [0.2, 0.25) is 0 Å². The topological polar surface area (TPSA) is 52.9 Å². The Morgan fingerprint density at radius 2 is 2.37 bits per heavy atom. The van der Waals surface area contributed by atoms with Crippen LogP contribution >= 0.6 is 11.6 Å². The smallest absolute Gasteiger partial charge is 0.164 e. The summed E-state index contributed by atoms with van der Waals surface area (Å²) < 4.78 is 7.67. The van der Waals surface area contributed by atoms with E-state index >= 15 is 0 Å². The fraction of sp³-hybridized carbons (Fsp3) is 0.462. The molecule has 2 aromatic rings. The molecule has 1 aromatic carbocycles. The number of quaternary nitrogens is 1. The molecule has 0 bridgehead atoms. The molecule has 19 heavy (non-hydrogen) atoms. The van der Waals surface area contributed by atoms with Gasteiger partial charge in [0, 0.05) is 24.1 Å². The summed E-state index contributed by atoms with van der Waals surface area (Å²) in [5, 5.41) is 6.11. The third-order valence-electron chi connectivity index (χ3n) is 3.35. The summed E-state index contributed by atoms with van der Waals surface area (Å²) in [4.78, 5) is 5.02. The van der Waals surface area contributed by atoms with Crippen LogP contribution in [-0.4, -0.2) is 23.5 Å². The molecular formula is C13H17ClN3O2+. The van der Waals surface area contributed by atoms with E-state index in [1.807, 2.05) is 23.0 Å². The molecule has 0 radical (unpaired) electrons. The number of fused-ring (bicyclic) bond motifs is 1. The van der Waals surface area contributed by atoms with Crippen LogP contribution in [-0.2, 0) is 9.57 Å². The summed E-state index contributed by atoms with van der Waals surface area (Å²) in [5.74, 6) is 0. The Balaban J connectivity index is 2.02. The van der Waals surface area contributed by atoms with Crippen molar-refractivity contribution in [2.24, 2.45) is 0 Å². The zero-order valence-corrected chi connectivity index (χ0v) is 11.6. The van der Waals surface area contributed by atoms with Gasteiger partial charge in [0.05, 0.1) is 23.8 Å². The Morgan fingerprint density at radius 3 is 3.11 bits per heavy atom. The predicted octanol–water partition coefficient (Wildman–Crippen LogP) is 2.15. The second kappa shape index (κ2) is 5.46. The molecule has 5 nitrogen and oxygen atoms in total. The minimum Gasteiger partial charge on any atom is -0.356 e. The fourth-order valence-corrected chi connectivity index (χ4v) is 2.83. The first-order valence-electron chi connectivity index (χ1n) is 6.44. The van der Waals surface area contributed by atoms with Gasteiger partial charge < -0.3 is 4.74 Å². The molecule has 102 valence electrons. The van der Waals surface area contributed by atoms with Crippen molar-refractivity contribution >= 4 is 28.2 Å². The molecule has 0 amide bonds. The number of aromatic nitrogens is 2. The normalized spacial score (nSPS) is 20.0. The number of rotatable bonds is 3. The van der Waals surface area contributed by atoms with Crippen molar-refractivity contribution in [3.8, 4) is 0 Å². The first-order chi connectivity index (χ1) is 9.29. The quantitative estimate of drug-likeness (QED) is 0.693. The van der Waals surface area contributed by atoms with Crippen LogP contribution in [0.25, 0.3) is 10.9 Å². The van der Waals surface area contributed by atoms with Gasteiger partial charge in [0.1, 0.15) is 0 Å². The Morgan fingerprint density at radius 1 is 1.47 bits per heavy atom. The average molecular weight is 283 g/mol. The Labute approximate surface area is 116 Å². The number of benzene rings is 1. The molecule has 3 rings (SSSR count). The zero-order valence-electron chi connectivity index (χ0n) is 10.8. The van der Waals surface area contributed by atoms with E-state index in [1.54, 1.807) is 12.6 Å². The van der Waals surface area contributed by atoms with Gasteiger partial charge in [-0.1, -0.05) is 11.6 Å². The van der Waals surface area contributed by atoms with E-state index < -0.39 is 0 Å². The lowest BCUT2D eigenvalue weighted by atomic mass is 10.2. The van der Waals surface area contributed by atoms with Crippen molar-refractivity contribution in [2.45, 2.75) is 25.5 Å². The summed E-state index contributed by atoms with van der Waals surface area (Å²) in [6.45, 7) is 0.791. The molecule has 1 atom stereocenters. The monoisotopic (exact) mass is 282 g/mol. The van der Waals surface area contributed by atoms with Gasteiger partial charge in [0.15, 0.2) is 11.9 Å². The van der Waals surface area contributed by atoms with Crippen LogP contribution < -0.4 is 5.48 Å². The predicted molar refractivity (Wildman–Crippen MR) is 72.2 cm³/mol. The molecule has 1 fully saturated rings. The molecule has 1 aromatic heterocycles. The van der Waals surface area contributed by atoms with Gasteiger partial charge in [-0.3, -0.25) is 0 Å². The summed E-state index contributed by atoms with van der Waals surface area (Å²) in [5.41, 5.74) is 3.53. The lowest BCUT2D eigenvalue weighted by molar-refractivity contribution is -0.830. The third-order valence-corrected chi connectivity index (χ3v) is 3.64. The van der Waals surface area contributed by atoms with Crippen molar-refractivity contribution < 1.29 is 15.1 Å². The maximum absolute atomic E-state index is 6.37. The lowest BCUT2D eigenvalue weighted by Gasteiger charge is -2.23. The summed E-state index contributed by atoms with van der Waals surface area (Å²) >= 11 is 6.37. The molecule has 1 aliphatic rings. The van der Waals surface area contributed by atoms with Gasteiger partial charge in [-0.15, -0.1) is 0 Å². The molecule has 2 heterocycles. The van der Waals surface area contributed by atoms with Crippen molar-refractivity contribution in [1.29, 1.82) is 0 Å². The van der Waals surface area contributed by atoms with Gasteiger partial charge in [-0.25, -0.2) is 9.52 Å². The largest absolute Gasteiger partial charge is 0.356 e. The highest BCUT2D eigenvalue weighted by atomic mass is 35.5. The molecule has 1 aliphatic heterocycles. The van der Waals surface area contributed by atoms with Crippen LogP contribution in [0.1, 0.15) is 25.5 Å². The lowest BCUT2D eigenvalue weighted by Crippen LogP contribution is -2.75. The highest BCUT2D eigenvalue weighted by Crippen LogP contribution is 2.31. The van der Waals surface area contributed by atoms with Crippen LogP contribution in [0.5, 0.6) is 0 Å². The molecular weight excluding hydrogens is 266 g/mol. The Hall–Kier alpha value is -1.14. The highest BCUT2D eigenvalue weighted by Gasteiger charge is 2.20. The van der Waals surface area contributed by atoms with Crippen LogP contribution in [0.3, 0.4) is 0 Å². The summed E-state index contributed by atoms with van der Waals surface area (Å²) in [6, 6.07) is 3.89. The second-order valence-corrected chi connectivity index (χ2v) is 5.11. The van der Waals surface area contributed by atoms with E-state index in [4.69, 9.17) is 21.2 Å². The molecule has 0 aliphatic carbocycles. The van der Waals surface area contributed by atoms with Crippen LogP contribution in [0.2, 0.25) is 5.02 Å². The molecule has 0 spiro atoms. The molecule has 0 saturated carbocycles. The number of hydrogen-bond acceptors (Lipinski definition) is 3. The molecule has 1 unspecified atom stereocenters. The number of nitrogens with two attached hydrogens (primary N) is 1. The van der Waals surface area contributed by atoms with Crippen LogP contribution in [0.4, 0.5) is 5.69 Å². The van der Waals surface area contributed by atoms with Gasteiger partial charge >= 0.3 is 0 Å². The summed E-state index contributed by atoms with van der Waals surface area (Å²) in [7, 11) is 1.62. The first kappa shape index (κ1) is 12.9. The number of hydrogen-bond donors (Lipinski definition) is 1.